The smallest absolute Gasteiger partial charge is 0.161 e. The number of hydrogen-bond donors (Lipinski definition) is 1. The average molecular weight is 250 g/mol. The molecule has 0 aliphatic heterocycles. The molecular weight excluding hydrogens is 236 g/mol. The molecule has 0 fully saturated rings. The normalized spacial score (nSPS) is 10.6. The molecule has 90 valence electrons. The van der Waals surface area contributed by atoms with Gasteiger partial charge >= 0.3 is 0 Å². The molecule has 0 saturated heterocycles. The van der Waals surface area contributed by atoms with Gasteiger partial charge in [0.25, 0.3) is 0 Å². The van der Waals surface area contributed by atoms with E-state index >= 15 is 0 Å². The summed E-state index contributed by atoms with van der Waals surface area (Å²) in [5.74, 6) is 1.58. The highest BCUT2D eigenvalue weighted by molar-refractivity contribution is 7.98. The van der Waals surface area contributed by atoms with Crippen molar-refractivity contribution in [1.29, 1.82) is 0 Å². The lowest BCUT2D eigenvalue weighted by molar-refractivity contribution is 0.564. The van der Waals surface area contributed by atoms with Crippen molar-refractivity contribution in [2.75, 3.05) is 5.73 Å². The van der Waals surface area contributed by atoms with Crippen LogP contribution in [0, 0.1) is 0 Å². The van der Waals surface area contributed by atoms with Crippen LogP contribution in [0.3, 0.4) is 0 Å². The third-order valence-electron chi connectivity index (χ3n) is 2.15. The van der Waals surface area contributed by atoms with Gasteiger partial charge in [0.1, 0.15) is 0 Å². The standard InChI is InChI=1S/C10H14N6S/c1-2-5-16-9(13-14-15-16)7-17-10-4-3-8(11)6-12-10/h3-4,6H,2,5,7,11H2,1H3. The number of pyridine rings is 1. The molecule has 0 aliphatic carbocycles. The van der Waals surface area contributed by atoms with E-state index < -0.39 is 0 Å². The minimum Gasteiger partial charge on any atom is -0.397 e. The Morgan fingerprint density at radius 2 is 2.29 bits per heavy atom. The van der Waals surface area contributed by atoms with Crippen molar-refractivity contribution in [3.05, 3.63) is 24.2 Å². The molecule has 0 radical (unpaired) electrons. The fraction of sp³-hybridized carbons (Fsp3) is 0.400. The van der Waals surface area contributed by atoms with Gasteiger partial charge in [0.2, 0.25) is 0 Å². The van der Waals surface area contributed by atoms with Crippen molar-refractivity contribution in [1.82, 2.24) is 25.2 Å². The molecule has 0 amide bonds. The number of anilines is 1. The molecule has 2 N–H and O–H groups in total. The summed E-state index contributed by atoms with van der Waals surface area (Å²) in [5.41, 5.74) is 6.24. The Kier molecular flexibility index (Phi) is 3.92. The quantitative estimate of drug-likeness (QED) is 0.807. The molecule has 2 heterocycles. The zero-order valence-electron chi connectivity index (χ0n) is 9.58. The molecule has 0 unspecified atom stereocenters. The van der Waals surface area contributed by atoms with E-state index in [9.17, 15) is 0 Å². The summed E-state index contributed by atoms with van der Waals surface area (Å²) in [6, 6.07) is 3.73. The summed E-state index contributed by atoms with van der Waals surface area (Å²) in [5, 5.41) is 12.5. The van der Waals surface area contributed by atoms with Crippen molar-refractivity contribution in [3.8, 4) is 0 Å². The van der Waals surface area contributed by atoms with Crippen LogP contribution in [-0.4, -0.2) is 25.2 Å². The van der Waals surface area contributed by atoms with Gasteiger partial charge in [-0.3, -0.25) is 0 Å². The number of tetrazole rings is 1. The molecule has 0 aromatic carbocycles. The minimum absolute atomic E-state index is 0.671. The number of aryl methyl sites for hydroxylation is 1. The third-order valence-corrected chi connectivity index (χ3v) is 3.09. The highest BCUT2D eigenvalue weighted by Gasteiger charge is 2.06. The molecule has 2 rings (SSSR count). The molecule has 0 atom stereocenters. The Labute approximate surface area is 104 Å². The van der Waals surface area contributed by atoms with Crippen LogP contribution in [0.1, 0.15) is 19.2 Å². The predicted octanol–water partition coefficient (Wildman–Crippen LogP) is 1.35. The summed E-state index contributed by atoms with van der Waals surface area (Å²) in [7, 11) is 0. The summed E-state index contributed by atoms with van der Waals surface area (Å²) in [4.78, 5) is 4.21. The second kappa shape index (κ2) is 5.62. The van der Waals surface area contributed by atoms with Crippen molar-refractivity contribution in [2.45, 2.75) is 30.7 Å². The van der Waals surface area contributed by atoms with E-state index in [0.29, 0.717) is 11.4 Å². The number of thioether (sulfide) groups is 1. The van der Waals surface area contributed by atoms with E-state index in [4.69, 9.17) is 5.73 Å². The first-order valence-corrected chi connectivity index (χ1v) is 6.37. The maximum atomic E-state index is 5.57. The number of aromatic nitrogens is 5. The van der Waals surface area contributed by atoms with Crippen molar-refractivity contribution in [2.24, 2.45) is 0 Å². The van der Waals surface area contributed by atoms with E-state index in [1.165, 1.54) is 0 Å². The van der Waals surface area contributed by atoms with Crippen molar-refractivity contribution >= 4 is 17.4 Å². The Bertz CT molecular complexity index is 466. The Morgan fingerprint density at radius 1 is 1.41 bits per heavy atom. The molecule has 2 aromatic heterocycles. The highest BCUT2D eigenvalue weighted by atomic mass is 32.2. The van der Waals surface area contributed by atoms with Crippen LogP contribution in [0.4, 0.5) is 5.69 Å². The number of nitrogens with two attached hydrogens (primary N) is 1. The monoisotopic (exact) mass is 250 g/mol. The lowest BCUT2D eigenvalue weighted by atomic mass is 10.4. The van der Waals surface area contributed by atoms with E-state index in [-0.39, 0.29) is 0 Å². The molecule has 0 spiro atoms. The Hall–Kier alpha value is -1.63. The van der Waals surface area contributed by atoms with Gasteiger partial charge in [0, 0.05) is 6.54 Å². The largest absolute Gasteiger partial charge is 0.397 e. The summed E-state index contributed by atoms with van der Waals surface area (Å²) >= 11 is 1.60. The van der Waals surface area contributed by atoms with Crippen LogP contribution in [0.25, 0.3) is 0 Å². The zero-order valence-corrected chi connectivity index (χ0v) is 10.4. The first-order valence-electron chi connectivity index (χ1n) is 5.39. The number of nitrogen functional groups attached to an aromatic ring is 1. The topological polar surface area (TPSA) is 82.5 Å². The third kappa shape index (κ3) is 3.16. The summed E-state index contributed by atoms with van der Waals surface area (Å²) < 4.78 is 1.82. The Balaban J connectivity index is 1.97. The van der Waals surface area contributed by atoms with Crippen LogP contribution in [-0.2, 0) is 12.3 Å². The van der Waals surface area contributed by atoms with Crippen LogP contribution >= 0.6 is 11.8 Å². The van der Waals surface area contributed by atoms with Crippen molar-refractivity contribution in [3.63, 3.8) is 0 Å². The van der Waals surface area contributed by atoms with E-state index in [0.717, 1.165) is 23.8 Å². The van der Waals surface area contributed by atoms with E-state index in [1.54, 1.807) is 18.0 Å². The highest BCUT2D eigenvalue weighted by Crippen LogP contribution is 2.19. The summed E-state index contributed by atoms with van der Waals surface area (Å²) in [6.45, 7) is 2.94. The number of hydrogen-bond acceptors (Lipinski definition) is 6. The molecule has 2 aromatic rings. The average Bonchev–Trinajstić information content (AvgIpc) is 2.77. The molecule has 17 heavy (non-hydrogen) atoms. The first kappa shape index (κ1) is 11.8. The second-order valence-corrected chi connectivity index (χ2v) is 4.53. The molecular formula is C10H14N6S. The molecule has 0 saturated carbocycles. The van der Waals surface area contributed by atoms with Gasteiger partial charge in [0.05, 0.1) is 22.7 Å². The SMILES string of the molecule is CCCn1nnnc1CSc1ccc(N)cn1. The van der Waals surface area contributed by atoms with Gasteiger partial charge in [-0.15, -0.1) is 5.10 Å². The second-order valence-electron chi connectivity index (χ2n) is 3.54. The van der Waals surface area contributed by atoms with Crippen LogP contribution < -0.4 is 5.73 Å². The van der Waals surface area contributed by atoms with Crippen molar-refractivity contribution < 1.29 is 0 Å². The Morgan fingerprint density at radius 3 is 3.00 bits per heavy atom. The first-order chi connectivity index (χ1) is 8.29. The van der Waals surface area contributed by atoms with Gasteiger partial charge in [-0.25, -0.2) is 9.67 Å². The van der Waals surface area contributed by atoms with Gasteiger partial charge in [-0.05, 0) is 29.0 Å². The molecule has 0 bridgehead atoms. The van der Waals surface area contributed by atoms with Gasteiger partial charge in [0.15, 0.2) is 5.82 Å². The maximum absolute atomic E-state index is 5.57. The minimum atomic E-state index is 0.671. The van der Waals surface area contributed by atoms with Gasteiger partial charge < -0.3 is 5.73 Å². The predicted molar refractivity (Wildman–Crippen MR) is 66.3 cm³/mol. The fourth-order valence-electron chi connectivity index (χ4n) is 1.33. The van der Waals surface area contributed by atoms with Crippen LogP contribution in [0.2, 0.25) is 0 Å². The van der Waals surface area contributed by atoms with E-state index in [2.05, 4.69) is 27.4 Å². The number of rotatable bonds is 5. The maximum Gasteiger partial charge on any atom is 0.161 e. The van der Waals surface area contributed by atoms with E-state index in [1.807, 2.05) is 16.8 Å². The van der Waals surface area contributed by atoms with Crippen LogP contribution in [0.15, 0.2) is 23.4 Å². The molecule has 0 aliphatic rings. The van der Waals surface area contributed by atoms with Crippen LogP contribution in [0.5, 0.6) is 0 Å². The zero-order chi connectivity index (χ0) is 12.1. The van der Waals surface area contributed by atoms with Gasteiger partial charge in [-0.2, -0.15) is 0 Å². The molecule has 7 heteroatoms. The lowest BCUT2D eigenvalue weighted by Crippen LogP contribution is -2.04. The fourth-order valence-corrected chi connectivity index (χ4v) is 2.10. The summed E-state index contributed by atoms with van der Waals surface area (Å²) in [6.07, 6.45) is 2.67. The lowest BCUT2D eigenvalue weighted by Gasteiger charge is -2.02. The number of nitrogens with zero attached hydrogens (tertiary/aromatic N) is 5. The van der Waals surface area contributed by atoms with Gasteiger partial charge in [-0.1, -0.05) is 18.7 Å². The molecule has 6 nitrogen and oxygen atoms in total.